The lowest BCUT2D eigenvalue weighted by molar-refractivity contribution is 0.0617. The van der Waals surface area contributed by atoms with Crippen molar-refractivity contribution in [3.8, 4) is 0 Å². The number of carbonyl (C=O) groups is 1. The highest BCUT2D eigenvalue weighted by Gasteiger charge is 2.22. The Morgan fingerprint density at radius 2 is 1.83 bits per heavy atom. The van der Waals surface area contributed by atoms with Crippen LogP contribution in [-0.2, 0) is 6.54 Å². The van der Waals surface area contributed by atoms with Crippen LogP contribution in [0.5, 0.6) is 0 Å². The van der Waals surface area contributed by atoms with Gasteiger partial charge in [0.1, 0.15) is 0 Å². The van der Waals surface area contributed by atoms with Crippen molar-refractivity contribution < 1.29 is 9.32 Å². The summed E-state index contributed by atoms with van der Waals surface area (Å²) in [6.07, 6.45) is 0. The predicted molar refractivity (Wildman–Crippen MR) is 93.0 cm³/mol. The zero-order valence-corrected chi connectivity index (χ0v) is 14.7. The molecule has 2 heterocycles. The lowest BCUT2D eigenvalue weighted by atomic mass is 10.0. The minimum absolute atomic E-state index is 0.125. The summed E-state index contributed by atoms with van der Waals surface area (Å²) in [6, 6.07) is 9.97. The molecule has 24 heavy (non-hydrogen) atoms. The number of rotatable bonds is 4. The van der Waals surface area contributed by atoms with E-state index in [0.717, 1.165) is 49.7 Å². The van der Waals surface area contributed by atoms with Gasteiger partial charge in [-0.15, -0.1) is 0 Å². The quantitative estimate of drug-likeness (QED) is 0.866. The van der Waals surface area contributed by atoms with E-state index in [0.29, 0.717) is 5.92 Å². The monoisotopic (exact) mass is 327 g/mol. The zero-order chi connectivity index (χ0) is 17.1. The normalized spacial score (nSPS) is 15.9. The fourth-order valence-corrected chi connectivity index (χ4v) is 3.01. The highest BCUT2D eigenvalue weighted by Crippen LogP contribution is 2.17. The Kier molecular flexibility index (Phi) is 5.00. The van der Waals surface area contributed by atoms with Gasteiger partial charge in [0.25, 0.3) is 5.91 Å². The van der Waals surface area contributed by atoms with Gasteiger partial charge in [-0.25, -0.2) is 0 Å². The van der Waals surface area contributed by atoms with Crippen molar-refractivity contribution in [3.63, 3.8) is 0 Å². The molecule has 0 unspecified atom stereocenters. The Morgan fingerprint density at radius 1 is 1.17 bits per heavy atom. The smallest absolute Gasteiger partial charge is 0.253 e. The molecule has 0 spiro atoms. The van der Waals surface area contributed by atoms with E-state index in [1.165, 1.54) is 5.56 Å². The molecule has 1 aliphatic rings. The van der Waals surface area contributed by atoms with Gasteiger partial charge in [-0.05, 0) is 30.5 Å². The number of aryl methyl sites for hydroxylation is 1. The summed E-state index contributed by atoms with van der Waals surface area (Å²) in [5.74, 6) is 1.49. The van der Waals surface area contributed by atoms with Crippen LogP contribution in [0.2, 0.25) is 0 Å². The van der Waals surface area contributed by atoms with E-state index in [2.05, 4.69) is 36.0 Å². The fraction of sp³-hybridized carbons (Fsp3) is 0.474. The molecule has 128 valence electrons. The van der Waals surface area contributed by atoms with Crippen LogP contribution in [0.3, 0.4) is 0 Å². The predicted octanol–water partition coefficient (Wildman–Crippen LogP) is 3.06. The second-order valence-corrected chi connectivity index (χ2v) is 6.78. The lowest BCUT2D eigenvalue weighted by Gasteiger charge is -2.34. The molecule has 0 aliphatic carbocycles. The summed E-state index contributed by atoms with van der Waals surface area (Å²) in [6.45, 7) is 10.2. The largest absolute Gasteiger partial charge is 0.360 e. The molecule has 1 aromatic carbocycles. The van der Waals surface area contributed by atoms with Gasteiger partial charge in [0.2, 0.25) is 0 Å². The first-order valence-corrected chi connectivity index (χ1v) is 8.56. The van der Waals surface area contributed by atoms with E-state index in [-0.39, 0.29) is 5.91 Å². The maximum atomic E-state index is 12.6. The number of amides is 1. The van der Waals surface area contributed by atoms with Gasteiger partial charge in [0.05, 0.1) is 12.2 Å². The number of nitrogens with zero attached hydrogens (tertiary/aromatic N) is 3. The second kappa shape index (κ2) is 7.18. The number of hydrogen-bond donors (Lipinski definition) is 0. The summed E-state index contributed by atoms with van der Waals surface area (Å²) >= 11 is 0. The number of benzene rings is 1. The molecule has 0 saturated carbocycles. The van der Waals surface area contributed by atoms with E-state index in [9.17, 15) is 4.79 Å². The van der Waals surface area contributed by atoms with Crippen LogP contribution in [0.15, 0.2) is 34.9 Å². The van der Waals surface area contributed by atoms with Gasteiger partial charge in [0, 0.05) is 37.8 Å². The molecule has 0 N–H and O–H groups in total. The standard InChI is InChI=1S/C19H25N3O2/c1-14(2)16-4-6-17(7-5-16)19(23)22-10-8-21(9-11-22)13-18-12-15(3)20-24-18/h4-7,12,14H,8-11,13H2,1-3H3. The number of piperazine rings is 1. The third-order valence-corrected chi connectivity index (χ3v) is 4.54. The van der Waals surface area contributed by atoms with Crippen LogP contribution < -0.4 is 0 Å². The molecule has 1 saturated heterocycles. The maximum absolute atomic E-state index is 12.6. The topological polar surface area (TPSA) is 49.6 Å². The molecule has 1 fully saturated rings. The molecule has 0 radical (unpaired) electrons. The van der Waals surface area contributed by atoms with E-state index in [1.54, 1.807) is 0 Å². The van der Waals surface area contributed by atoms with Crippen molar-refractivity contribution in [1.29, 1.82) is 0 Å². The van der Waals surface area contributed by atoms with Crippen molar-refractivity contribution in [2.45, 2.75) is 33.2 Å². The third kappa shape index (κ3) is 3.85. The fourth-order valence-electron chi connectivity index (χ4n) is 3.01. The number of aromatic nitrogens is 1. The van der Waals surface area contributed by atoms with Crippen LogP contribution in [0, 0.1) is 6.92 Å². The Bertz CT molecular complexity index is 683. The Morgan fingerprint density at radius 3 is 2.38 bits per heavy atom. The first kappa shape index (κ1) is 16.7. The number of hydrogen-bond acceptors (Lipinski definition) is 4. The highest BCUT2D eigenvalue weighted by atomic mass is 16.5. The molecule has 3 rings (SSSR count). The van der Waals surface area contributed by atoms with Gasteiger partial charge < -0.3 is 9.42 Å². The molecule has 0 bridgehead atoms. The summed E-state index contributed by atoms with van der Waals surface area (Å²) < 4.78 is 5.27. The molecule has 5 heteroatoms. The van der Waals surface area contributed by atoms with Crippen molar-refractivity contribution in [3.05, 3.63) is 52.9 Å². The Labute approximate surface area is 143 Å². The summed E-state index contributed by atoms with van der Waals surface area (Å²) in [7, 11) is 0. The molecule has 1 amide bonds. The summed E-state index contributed by atoms with van der Waals surface area (Å²) in [4.78, 5) is 16.9. The first-order valence-electron chi connectivity index (χ1n) is 8.56. The van der Waals surface area contributed by atoms with Crippen LogP contribution >= 0.6 is 0 Å². The van der Waals surface area contributed by atoms with Gasteiger partial charge in [-0.2, -0.15) is 0 Å². The van der Waals surface area contributed by atoms with Gasteiger partial charge >= 0.3 is 0 Å². The highest BCUT2D eigenvalue weighted by molar-refractivity contribution is 5.94. The van der Waals surface area contributed by atoms with Gasteiger partial charge in [-0.3, -0.25) is 9.69 Å². The molecule has 2 aromatic rings. The van der Waals surface area contributed by atoms with Gasteiger partial charge in [0.15, 0.2) is 5.76 Å². The third-order valence-electron chi connectivity index (χ3n) is 4.54. The molecular formula is C19H25N3O2. The van der Waals surface area contributed by atoms with E-state index in [1.807, 2.05) is 30.0 Å². The molecule has 1 aliphatic heterocycles. The molecule has 1 aromatic heterocycles. The zero-order valence-electron chi connectivity index (χ0n) is 14.7. The molecule has 0 atom stereocenters. The van der Waals surface area contributed by atoms with E-state index < -0.39 is 0 Å². The van der Waals surface area contributed by atoms with Crippen molar-refractivity contribution >= 4 is 5.91 Å². The van der Waals surface area contributed by atoms with Crippen LogP contribution in [0.1, 0.15) is 47.1 Å². The average Bonchev–Trinajstić information content (AvgIpc) is 3.00. The van der Waals surface area contributed by atoms with Crippen LogP contribution in [0.4, 0.5) is 0 Å². The maximum Gasteiger partial charge on any atom is 0.253 e. The Balaban J connectivity index is 1.54. The summed E-state index contributed by atoms with van der Waals surface area (Å²) in [5.41, 5.74) is 2.95. The Hall–Kier alpha value is -2.14. The SMILES string of the molecule is Cc1cc(CN2CCN(C(=O)c3ccc(C(C)C)cc3)CC2)on1. The molecule has 5 nitrogen and oxygen atoms in total. The average molecular weight is 327 g/mol. The number of carbonyl (C=O) groups excluding carboxylic acids is 1. The van der Waals surface area contributed by atoms with Gasteiger partial charge in [-0.1, -0.05) is 31.1 Å². The minimum Gasteiger partial charge on any atom is -0.360 e. The minimum atomic E-state index is 0.125. The lowest BCUT2D eigenvalue weighted by Crippen LogP contribution is -2.48. The van der Waals surface area contributed by atoms with Crippen molar-refractivity contribution in [2.75, 3.05) is 26.2 Å². The van der Waals surface area contributed by atoms with Crippen molar-refractivity contribution in [2.24, 2.45) is 0 Å². The van der Waals surface area contributed by atoms with Crippen LogP contribution in [0.25, 0.3) is 0 Å². The van der Waals surface area contributed by atoms with Crippen molar-refractivity contribution in [1.82, 2.24) is 15.0 Å². The van der Waals surface area contributed by atoms with E-state index >= 15 is 0 Å². The molecular weight excluding hydrogens is 302 g/mol. The van der Waals surface area contributed by atoms with Crippen LogP contribution in [-0.4, -0.2) is 47.0 Å². The summed E-state index contributed by atoms with van der Waals surface area (Å²) in [5, 5.41) is 3.92. The second-order valence-electron chi connectivity index (χ2n) is 6.78. The first-order chi connectivity index (χ1) is 11.5. The van der Waals surface area contributed by atoms with E-state index in [4.69, 9.17) is 4.52 Å².